The van der Waals surface area contributed by atoms with E-state index in [4.69, 9.17) is 16.3 Å². The number of benzene rings is 1. The number of carbonyl (C=O) groups is 1. The Morgan fingerprint density at radius 1 is 1.37 bits per heavy atom. The molecule has 2 aliphatic heterocycles. The zero-order chi connectivity index (χ0) is 13.6. The van der Waals surface area contributed by atoms with Gasteiger partial charge in [0.15, 0.2) is 0 Å². The second-order valence-electron chi connectivity index (χ2n) is 5.33. The fourth-order valence-electron chi connectivity index (χ4n) is 3.10. The lowest BCUT2D eigenvalue weighted by Gasteiger charge is -2.55. The second kappa shape index (κ2) is 4.69. The van der Waals surface area contributed by atoms with Crippen molar-refractivity contribution in [3.63, 3.8) is 0 Å². The fourth-order valence-corrected chi connectivity index (χ4v) is 3.36. The highest BCUT2D eigenvalue weighted by Gasteiger charge is 2.46. The maximum absolute atomic E-state index is 12.5. The Labute approximate surface area is 117 Å². The van der Waals surface area contributed by atoms with Crippen LogP contribution in [0, 0.1) is 0 Å². The molecule has 0 N–H and O–H groups in total. The topological polar surface area (TPSA) is 32.8 Å². The van der Waals surface area contributed by atoms with Crippen LogP contribution in [0.1, 0.15) is 16.8 Å². The van der Waals surface area contributed by atoms with Gasteiger partial charge in [0.1, 0.15) is 5.75 Å². The van der Waals surface area contributed by atoms with Crippen molar-refractivity contribution in [1.82, 2.24) is 9.80 Å². The summed E-state index contributed by atoms with van der Waals surface area (Å²) in [4.78, 5) is 16.8. The quantitative estimate of drug-likeness (QED) is 0.829. The van der Waals surface area contributed by atoms with Gasteiger partial charge in [-0.2, -0.15) is 0 Å². The summed E-state index contributed by atoms with van der Waals surface area (Å²) < 4.78 is 5.11. The van der Waals surface area contributed by atoms with Gasteiger partial charge in [-0.3, -0.25) is 4.79 Å². The molecule has 2 aliphatic rings. The first-order valence-electron chi connectivity index (χ1n) is 6.45. The molecule has 0 aromatic heterocycles. The molecule has 1 aromatic carbocycles. The number of ether oxygens (including phenoxy) is 1. The van der Waals surface area contributed by atoms with Crippen LogP contribution in [0.2, 0.25) is 5.02 Å². The van der Waals surface area contributed by atoms with E-state index in [2.05, 4.69) is 11.9 Å². The van der Waals surface area contributed by atoms with Gasteiger partial charge < -0.3 is 14.5 Å². The maximum atomic E-state index is 12.5. The standard InChI is InChI=1S/C14H17ClN2O2/c1-16-7-10-6-11(8-16)17(10)14(18)9-3-4-13(19-2)12(15)5-9/h3-5,10-11H,6-8H2,1-2H3. The monoisotopic (exact) mass is 280 g/mol. The molecule has 19 heavy (non-hydrogen) atoms. The molecule has 2 saturated heterocycles. The lowest BCUT2D eigenvalue weighted by Crippen LogP contribution is -2.69. The number of piperazine rings is 1. The number of amides is 1. The number of hydrogen-bond acceptors (Lipinski definition) is 3. The molecule has 4 nitrogen and oxygen atoms in total. The lowest BCUT2D eigenvalue weighted by atomic mass is 9.87. The highest BCUT2D eigenvalue weighted by Crippen LogP contribution is 2.34. The van der Waals surface area contributed by atoms with Crippen molar-refractivity contribution in [2.45, 2.75) is 18.5 Å². The molecule has 102 valence electrons. The molecule has 1 amide bonds. The molecule has 0 saturated carbocycles. The van der Waals surface area contributed by atoms with Crippen molar-refractivity contribution >= 4 is 17.5 Å². The number of hydrogen-bond donors (Lipinski definition) is 0. The number of carbonyl (C=O) groups excluding carboxylic acids is 1. The van der Waals surface area contributed by atoms with E-state index in [1.165, 1.54) is 0 Å². The number of rotatable bonds is 2. The van der Waals surface area contributed by atoms with Gasteiger partial charge >= 0.3 is 0 Å². The minimum absolute atomic E-state index is 0.0823. The molecule has 2 fully saturated rings. The van der Waals surface area contributed by atoms with E-state index in [0.717, 1.165) is 19.5 Å². The Kier molecular flexibility index (Phi) is 3.15. The molecule has 2 unspecified atom stereocenters. The van der Waals surface area contributed by atoms with Crippen molar-refractivity contribution in [1.29, 1.82) is 0 Å². The Balaban J connectivity index is 1.80. The van der Waals surface area contributed by atoms with Crippen LogP contribution < -0.4 is 4.74 Å². The van der Waals surface area contributed by atoms with Crippen molar-refractivity contribution in [2.75, 3.05) is 27.2 Å². The predicted molar refractivity (Wildman–Crippen MR) is 73.9 cm³/mol. The maximum Gasteiger partial charge on any atom is 0.254 e. The highest BCUT2D eigenvalue weighted by molar-refractivity contribution is 6.32. The number of likely N-dealkylation sites (tertiary alicyclic amines) is 2. The summed E-state index contributed by atoms with van der Waals surface area (Å²) in [5.74, 6) is 0.681. The Hall–Kier alpha value is -1.26. The second-order valence-corrected chi connectivity index (χ2v) is 5.73. The van der Waals surface area contributed by atoms with Gasteiger partial charge in [-0.25, -0.2) is 0 Å². The first-order valence-corrected chi connectivity index (χ1v) is 6.82. The van der Waals surface area contributed by atoms with Gasteiger partial charge in [-0.05, 0) is 31.7 Å². The summed E-state index contributed by atoms with van der Waals surface area (Å²) in [7, 11) is 3.67. The summed E-state index contributed by atoms with van der Waals surface area (Å²) in [6.07, 6.45) is 1.12. The molecule has 1 aromatic rings. The van der Waals surface area contributed by atoms with Gasteiger partial charge in [-0.15, -0.1) is 0 Å². The molecule has 0 radical (unpaired) electrons. The van der Waals surface area contributed by atoms with Crippen LogP contribution in [0.3, 0.4) is 0 Å². The number of likely N-dealkylation sites (N-methyl/N-ethyl adjacent to an activating group) is 1. The Morgan fingerprint density at radius 3 is 2.63 bits per heavy atom. The highest BCUT2D eigenvalue weighted by atomic mass is 35.5. The minimum atomic E-state index is 0.0823. The molecule has 0 spiro atoms. The third kappa shape index (κ3) is 2.09. The molecule has 3 rings (SSSR count). The predicted octanol–water partition coefficient (Wildman–Crippen LogP) is 1.88. The minimum Gasteiger partial charge on any atom is -0.495 e. The van der Waals surface area contributed by atoms with Crippen LogP contribution >= 0.6 is 11.6 Å². The van der Waals surface area contributed by atoms with E-state index >= 15 is 0 Å². The number of piperidine rings is 1. The Bertz CT molecular complexity index is 508. The Morgan fingerprint density at radius 2 is 2.05 bits per heavy atom. The van der Waals surface area contributed by atoms with E-state index in [-0.39, 0.29) is 5.91 Å². The van der Waals surface area contributed by atoms with Crippen molar-refractivity contribution in [3.8, 4) is 5.75 Å². The summed E-state index contributed by atoms with van der Waals surface area (Å²) in [5.41, 5.74) is 0.644. The number of nitrogens with zero attached hydrogens (tertiary/aromatic N) is 2. The average molecular weight is 281 g/mol. The van der Waals surface area contributed by atoms with Crippen LogP contribution in [0.25, 0.3) is 0 Å². The third-order valence-corrected chi connectivity index (χ3v) is 4.30. The van der Waals surface area contributed by atoms with E-state index < -0.39 is 0 Å². The summed E-state index contributed by atoms with van der Waals surface area (Å²) in [6, 6.07) is 5.94. The first kappa shape index (κ1) is 12.8. The fraction of sp³-hybridized carbons (Fsp3) is 0.500. The van der Waals surface area contributed by atoms with Crippen LogP contribution in [-0.4, -0.2) is 55.0 Å². The normalized spacial score (nSPS) is 25.9. The first-order chi connectivity index (χ1) is 9.10. The zero-order valence-electron chi connectivity index (χ0n) is 11.1. The van der Waals surface area contributed by atoms with Crippen molar-refractivity contribution in [3.05, 3.63) is 28.8 Å². The third-order valence-electron chi connectivity index (χ3n) is 4.01. The molecule has 0 aliphatic carbocycles. The van der Waals surface area contributed by atoms with E-state index in [0.29, 0.717) is 28.4 Å². The zero-order valence-corrected chi connectivity index (χ0v) is 11.9. The van der Waals surface area contributed by atoms with Gasteiger partial charge in [0.05, 0.1) is 12.1 Å². The van der Waals surface area contributed by atoms with Crippen LogP contribution in [0.5, 0.6) is 5.75 Å². The SMILES string of the molecule is COc1ccc(C(=O)N2C3CC2CN(C)C3)cc1Cl. The molecule has 2 atom stereocenters. The molecule has 2 heterocycles. The van der Waals surface area contributed by atoms with Crippen LogP contribution in [-0.2, 0) is 0 Å². The lowest BCUT2D eigenvalue weighted by molar-refractivity contribution is -0.0397. The number of fused-ring (bicyclic) bond motifs is 2. The summed E-state index contributed by atoms with van der Waals surface area (Å²) >= 11 is 6.08. The van der Waals surface area contributed by atoms with Crippen molar-refractivity contribution in [2.24, 2.45) is 0 Å². The molecule has 2 bridgehead atoms. The summed E-state index contributed by atoms with van der Waals surface area (Å²) in [6.45, 7) is 1.93. The summed E-state index contributed by atoms with van der Waals surface area (Å²) in [5, 5.41) is 0.483. The van der Waals surface area contributed by atoms with Gasteiger partial charge in [0.2, 0.25) is 0 Å². The largest absolute Gasteiger partial charge is 0.495 e. The van der Waals surface area contributed by atoms with Crippen LogP contribution in [0.15, 0.2) is 18.2 Å². The van der Waals surface area contributed by atoms with E-state index in [1.54, 1.807) is 25.3 Å². The number of methoxy groups -OCH3 is 1. The van der Waals surface area contributed by atoms with Gasteiger partial charge in [0, 0.05) is 30.7 Å². The number of halogens is 1. The van der Waals surface area contributed by atoms with Gasteiger partial charge in [-0.1, -0.05) is 11.6 Å². The van der Waals surface area contributed by atoms with E-state index in [9.17, 15) is 4.79 Å². The average Bonchev–Trinajstić information content (AvgIpc) is 2.38. The molecular weight excluding hydrogens is 264 g/mol. The smallest absolute Gasteiger partial charge is 0.254 e. The van der Waals surface area contributed by atoms with Crippen LogP contribution in [0.4, 0.5) is 0 Å². The van der Waals surface area contributed by atoms with Gasteiger partial charge in [0.25, 0.3) is 5.91 Å². The molecule has 5 heteroatoms. The molecular formula is C14H17ClN2O2. The van der Waals surface area contributed by atoms with Crippen molar-refractivity contribution < 1.29 is 9.53 Å². The van der Waals surface area contributed by atoms with E-state index in [1.807, 2.05) is 4.90 Å².